The molecule has 0 aromatic carbocycles. The highest BCUT2D eigenvalue weighted by atomic mass is 32.2. The molecule has 2 aromatic heterocycles. The summed E-state index contributed by atoms with van der Waals surface area (Å²) >= 11 is 1.53. The summed E-state index contributed by atoms with van der Waals surface area (Å²) in [5.41, 5.74) is 1.06. The lowest BCUT2D eigenvalue weighted by Gasteiger charge is -2.04. The molecule has 0 aliphatic carbocycles. The van der Waals surface area contributed by atoms with Crippen molar-refractivity contribution in [1.82, 2.24) is 20.3 Å². The number of pyridine rings is 1. The lowest BCUT2D eigenvalue weighted by molar-refractivity contribution is 0.199. The standard InChI is InChI=1S/C13H16N4OS/c1-18-7-6-15-8-11-9-16-13(17-10-11)19-12-2-4-14-5-3-12/h2-5,9-10,15H,6-8H2,1H3. The van der Waals surface area contributed by atoms with Crippen molar-refractivity contribution in [2.24, 2.45) is 0 Å². The second-order valence-corrected chi connectivity index (χ2v) is 4.87. The van der Waals surface area contributed by atoms with E-state index in [0.29, 0.717) is 6.61 Å². The summed E-state index contributed by atoms with van der Waals surface area (Å²) in [6, 6.07) is 3.88. The van der Waals surface area contributed by atoms with Crippen molar-refractivity contribution in [3.63, 3.8) is 0 Å². The van der Waals surface area contributed by atoms with Crippen molar-refractivity contribution in [3.05, 3.63) is 42.5 Å². The Morgan fingerprint density at radius 2 is 1.95 bits per heavy atom. The Balaban J connectivity index is 1.84. The average molecular weight is 276 g/mol. The van der Waals surface area contributed by atoms with Gasteiger partial charge < -0.3 is 10.1 Å². The highest BCUT2D eigenvalue weighted by Crippen LogP contribution is 2.22. The molecule has 0 saturated carbocycles. The Morgan fingerprint density at radius 3 is 2.63 bits per heavy atom. The Morgan fingerprint density at radius 1 is 1.21 bits per heavy atom. The normalized spacial score (nSPS) is 10.6. The van der Waals surface area contributed by atoms with E-state index in [9.17, 15) is 0 Å². The maximum absolute atomic E-state index is 4.96. The van der Waals surface area contributed by atoms with Crippen LogP contribution in [0.5, 0.6) is 0 Å². The van der Waals surface area contributed by atoms with Gasteiger partial charge in [0.25, 0.3) is 0 Å². The van der Waals surface area contributed by atoms with Gasteiger partial charge in [-0.2, -0.15) is 0 Å². The van der Waals surface area contributed by atoms with Gasteiger partial charge in [0.1, 0.15) is 0 Å². The first-order valence-electron chi connectivity index (χ1n) is 5.97. The topological polar surface area (TPSA) is 59.9 Å². The van der Waals surface area contributed by atoms with Gasteiger partial charge in [-0.3, -0.25) is 4.98 Å². The van der Waals surface area contributed by atoms with E-state index in [-0.39, 0.29) is 0 Å². The van der Waals surface area contributed by atoms with Crippen LogP contribution in [0.2, 0.25) is 0 Å². The monoisotopic (exact) mass is 276 g/mol. The molecule has 1 N–H and O–H groups in total. The first kappa shape index (κ1) is 13.9. The number of aromatic nitrogens is 3. The fourth-order valence-corrected chi connectivity index (χ4v) is 2.09. The first-order valence-corrected chi connectivity index (χ1v) is 6.78. The van der Waals surface area contributed by atoms with E-state index in [1.807, 2.05) is 24.5 Å². The molecule has 0 saturated heterocycles. The van der Waals surface area contributed by atoms with Crippen molar-refractivity contribution in [2.45, 2.75) is 16.6 Å². The van der Waals surface area contributed by atoms with Crippen LogP contribution in [0.15, 0.2) is 47.0 Å². The molecule has 0 amide bonds. The van der Waals surface area contributed by atoms with E-state index < -0.39 is 0 Å². The number of ether oxygens (including phenoxy) is 1. The maximum Gasteiger partial charge on any atom is 0.192 e. The minimum absolute atomic E-state index is 0.705. The van der Waals surface area contributed by atoms with Crippen LogP contribution in [0.3, 0.4) is 0 Å². The molecule has 19 heavy (non-hydrogen) atoms. The predicted molar refractivity (Wildman–Crippen MR) is 74.0 cm³/mol. The molecule has 0 bridgehead atoms. The van der Waals surface area contributed by atoms with E-state index in [0.717, 1.165) is 28.7 Å². The number of methoxy groups -OCH3 is 1. The summed E-state index contributed by atoms with van der Waals surface area (Å²) in [5, 5.41) is 3.99. The summed E-state index contributed by atoms with van der Waals surface area (Å²) in [5.74, 6) is 0. The fraction of sp³-hybridized carbons (Fsp3) is 0.308. The molecule has 100 valence electrons. The molecule has 0 aliphatic rings. The molecule has 0 radical (unpaired) electrons. The van der Waals surface area contributed by atoms with E-state index in [4.69, 9.17) is 4.74 Å². The molecule has 5 nitrogen and oxygen atoms in total. The minimum Gasteiger partial charge on any atom is -0.383 e. The Bertz CT molecular complexity index is 478. The third kappa shape index (κ3) is 4.94. The molecule has 0 aliphatic heterocycles. The van der Waals surface area contributed by atoms with Gasteiger partial charge in [0.15, 0.2) is 5.16 Å². The predicted octanol–water partition coefficient (Wildman–Crippen LogP) is 1.76. The van der Waals surface area contributed by atoms with Gasteiger partial charge in [-0.15, -0.1) is 0 Å². The van der Waals surface area contributed by atoms with E-state index in [1.165, 1.54) is 11.8 Å². The second kappa shape index (κ2) is 7.83. The zero-order valence-corrected chi connectivity index (χ0v) is 11.6. The highest BCUT2D eigenvalue weighted by Gasteiger charge is 2.00. The van der Waals surface area contributed by atoms with E-state index >= 15 is 0 Å². The first-order chi connectivity index (χ1) is 9.38. The summed E-state index contributed by atoms with van der Waals surface area (Å²) in [4.78, 5) is 13.7. The molecule has 6 heteroatoms. The smallest absolute Gasteiger partial charge is 0.192 e. The van der Waals surface area contributed by atoms with Crippen molar-refractivity contribution in [3.8, 4) is 0 Å². The third-order valence-electron chi connectivity index (χ3n) is 2.35. The molecule has 0 atom stereocenters. The lowest BCUT2D eigenvalue weighted by atomic mass is 10.3. The van der Waals surface area contributed by atoms with Crippen LogP contribution < -0.4 is 5.32 Å². The van der Waals surface area contributed by atoms with Gasteiger partial charge in [0.2, 0.25) is 0 Å². The molecule has 0 unspecified atom stereocenters. The lowest BCUT2D eigenvalue weighted by Crippen LogP contribution is -2.18. The van der Waals surface area contributed by atoms with Gasteiger partial charge in [0, 0.05) is 55.4 Å². The molecule has 0 spiro atoms. The number of hydrogen-bond donors (Lipinski definition) is 1. The van der Waals surface area contributed by atoms with E-state index in [2.05, 4.69) is 20.3 Å². The molecule has 2 aromatic rings. The van der Waals surface area contributed by atoms with Crippen molar-refractivity contribution in [1.29, 1.82) is 0 Å². The summed E-state index contributed by atoms with van der Waals surface area (Å²) in [6.07, 6.45) is 7.21. The number of nitrogens with one attached hydrogen (secondary N) is 1. The van der Waals surface area contributed by atoms with Crippen LogP contribution >= 0.6 is 11.8 Å². The van der Waals surface area contributed by atoms with E-state index in [1.54, 1.807) is 19.5 Å². The Labute approximate surface area is 116 Å². The third-order valence-corrected chi connectivity index (χ3v) is 3.25. The SMILES string of the molecule is COCCNCc1cnc(Sc2ccncc2)nc1. The van der Waals surface area contributed by atoms with Gasteiger partial charge in [-0.1, -0.05) is 0 Å². The average Bonchev–Trinajstić information content (AvgIpc) is 2.46. The summed E-state index contributed by atoms with van der Waals surface area (Å²) in [6.45, 7) is 2.28. The molecule has 2 heterocycles. The largest absolute Gasteiger partial charge is 0.383 e. The highest BCUT2D eigenvalue weighted by molar-refractivity contribution is 7.99. The van der Waals surface area contributed by atoms with Crippen LogP contribution in [0, 0.1) is 0 Å². The molecular formula is C13H16N4OS. The quantitative estimate of drug-likeness (QED) is 0.614. The molecule has 0 fully saturated rings. The molecule has 2 rings (SSSR count). The number of nitrogens with zero attached hydrogens (tertiary/aromatic N) is 3. The van der Waals surface area contributed by atoms with Crippen LogP contribution in [0.25, 0.3) is 0 Å². The van der Waals surface area contributed by atoms with Crippen LogP contribution in [0.1, 0.15) is 5.56 Å². The van der Waals surface area contributed by atoms with Crippen molar-refractivity contribution in [2.75, 3.05) is 20.3 Å². The maximum atomic E-state index is 4.96. The molecular weight excluding hydrogens is 260 g/mol. The fourth-order valence-electron chi connectivity index (χ4n) is 1.41. The Hall–Kier alpha value is -1.50. The van der Waals surface area contributed by atoms with Crippen LogP contribution in [0.4, 0.5) is 0 Å². The Kier molecular flexibility index (Phi) is 5.74. The van der Waals surface area contributed by atoms with Gasteiger partial charge in [-0.05, 0) is 23.9 Å². The minimum atomic E-state index is 0.705. The number of hydrogen-bond acceptors (Lipinski definition) is 6. The summed E-state index contributed by atoms with van der Waals surface area (Å²) < 4.78 is 4.96. The second-order valence-electron chi connectivity index (χ2n) is 3.83. The van der Waals surface area contributed by atoms with Crippen molar-refractivity contribution < 1.29 is 4.74 Å². The number of rotatable bonds is 7. The summed E-state index contributed by atoms with van der Waals surface area (Å²) in [7, 11) is 1.69. The van der Waals surface area contributed by atoms with Crippen LogP contribution in [-0.4, -0.2) is 35.2 Å². The van der Waals surface area contributed by atoms with Crippen LogP contribution in [-0.2, 0) is 11.3 Å². The van der Waals surface area contributed by atoms with Gasteiger partial charge in [0.05, 0.1) is 6.61 Å². The van der Waals surface area contributed by atoms with Crippen molar-refractivity contribution >= 4 is 11.8 Å². The van der Waals surface area contributed by atoms with Gasteiger partial charge >= 0.3 is 0 Å². The van der Waals surface area contributed by atoms with Gasteiger partial charge in [-0.25, -0.2) is 9.97 Å². The zero-order valence-electron chi connectivity index (χ0n) is 10.7. The zero-order chi connectivity index (χ0) is 13.3.